The third kappa shape index (κ3) is 8.15. The summed E-state index contributed by atoms with van der Waals surface area (Å²) >= 11 is 0. The van der Waals surface area contributed by atoms with Crippen molar-refractivity contribution < 1.29 is 19.4 Å². The van der Waals surface area contributed by atoms with E-state index in [9.17, 15) is 9.90 Å². The van der Waals surface area contributed by atoms with E-state index in [1.165, 1.54) is 6.92 Å². The van der Waals surface area contributed by atoms with Gasteiger partial charge in [0, 0.05) is 12.0 Å². The van der Waals surface area contributed by atoms with E-state index >= 15 is 0 Å². The molecule has 0 rings (SSSR count). The van der Waals surface area contributed by atoms with E-state index in [0.717, 1.165) is 0 Å². The lowest BCUT2D eigenvalue weighted by Crippen LogP contribution is -2.24. The molecule has 15 heavy (non-hydrogen) atoms. The SMILES string of the molecule is C=C(C)C(=O)OC(O)CCOC(C)(C)C. The third-order valence-corrected chi connectivity index (χ3v) is 1.49. The first kappa shape index (κ1) is 14.1. The van der Waals surface area contributed by atoms with Gasteiger partial charge in [-0.3, -0.25) is 0 Å². The highest BCUT2D eigenvalue weighted by Gasteiger charge is 2.14. The van der Waals surface area contributed by atoms with E-state index in [1.807, 2.05) is 20.8 Å². The van der Waals surface area contributed by atoms with Crippen LogP contribution in [0.5, 0.6) is 0 Å². The van der Waals surface area contributed by atoms with Crippen molar-refractivity contribution in [2.24, 2.45) is 0 Å². The van der Waals surface area contributed by atoms with Gasteiger partial charge in [0.2, 0.25) is 6.29 Å². The molecule has 0 saturated heterocycles. The molecule has 4 nitrogen and oxygen atoms in total. The Hall–Kier alpha value is -0.870. The van der Waals surface area contributed by atoms with Crippen LogP contribution in [-0.2, 0) is 14.3 Å². The molecule has 1 atom stereocenters. The van der Waals surface area contributed by atoms with Crippen LogP contribution in [0.4, 0.5) is 0 Å². The largest absolute Gasteiger partial charge is 0.433 e. The summed E-state index contributed by atoms with van der Waals surface area (Å²) in [4.78, 5) is 11.0. The van der Waals surface area contributed by atoms with E-state index in [4.69, 9.17) is 4.74 Å². The van der Waals surface area contributed by atoms with Crippen molar-refractivity contribution >= 4 is 5.97 Å². The molecule has 88 valence electrons. The maximum atomic E-state index is 11.0. The van der Waals surface area contributed by atoms with Crippen LogP contribution in [0.25, 0.3) is 0 Å². The number of carbonyl (C=O) groups is 1. The summed E-state index contributed by atoms with van der Waals surface area (Å²) in [5.41, 5.74) is 0.0173. The molecule has 0 aromatic carbocycles. The first-order valence-corrected chi connectivity index (χ1v) is 4.91. The van der Waals surface area contributed by atoms with Crippen LogP contribution in [0.3, 0.4) is 0 Å². The Morgan fingerprint density at radius 1 is 1.47 bits per heavy atom. The Labute approximate surface area is 90.9 Å². The second kappa shape index (κ2) is 5.88. The van der Waals surface area contributed by atoms with Crippen LogP contribution in [-0.4, -0.2) is 29.6 Å². The Bertz CT molecular complexity index is 227. The number of esters is 1. The lowest BCUT2D eigenvalue weighted by atomic mass is 10.2. The lowest BCUT2D eigenvalue weighted by molar-refractivity contribution is -0.166. The second-order valence-electron chi connectivity index (χ2n) is 4.39. The fourth-order valence-corrected chi connectivity index (χ4v) is 0.749. The van der Waals surface area contributed by atoms with Crippen LogP contribution in [0.15, 0.2) is 12.2 Å². The predicted octanol–water partition coefficient (Wildman–Crippen LogP) is 1.63. The number of ether oxygens (including phenoxy) is 2. The molecule has 0 aliphatic heterocycles. The fourth-order valence-electron chi connectivity index (χ4n) is 0.749. The lowest BCUT2D eigenvalue weighted by Gasteiger charge is -2.20. The van der Waals surface area contributed by atoms with Gasteiger partial charge < -0.3 is 14.6 Å². The maximum Gasteiger partial charge on any atom is 0.335 e. The smallest absolute Gasteiger partial charge is 0.335 e. The molecule has 0 amide bonds. The summed E-state index contributed by atoms with van der Waals surface area (Å²) in [6.45, 7) is 11.0. The Morgan fingerprint density at radius 2 is 2.00 bits per heavy atom. The second-order valence-corrected chi connectivity index (χ2v) is 4.39. The number of hydrogen-bond donors (Lipinski definition) is 1. The summed E-state index contributed by atoms with van der Waals surface area (Å²) in [5.74, 6) is -0.585. The fraction of sp³-hybridized carbons (Fsp3) is 0.727. The van der Waals surface area contributed by atoms with Crippen LogP contribution in [0.2, 0.25) is 0 Å². The number of rotatable bonds is 5. The standard InChI is InChI=1S/C11H20O4/c1-8(2)10(13)15-9(12)6-7-14-11(3,4)5/h9,12H,1,6-7H2,2-5H3. The maximum absolute atomic E-state index is 11.0. The molecule has 4 heteroatoms. The Kier molecular flexibility index (Phi) is 5.54. The van der Waals surface area contributed by atoms with E-state index in [-0.39, 0.29) is 17.6 Å². The van der Waals surface area contributed by atoms with Crippen molar-refractivity contribution in [3.8, 4) is 0 Å². The third-order valence-electron chi connectivity index (χ3n) is 1.49. The van der Waals surface area contributed by atoms with Crippen molar-refractivity contribution in [1.82, 2.24) is 0 Å². The molecule has 0 aromatic heterocycles. The molecule has 0 saturated carbocycles. The van der Waals surface area contributed by atoms with Crippen molar-refractivity contribution in [2.75, 3.05) is 6.61 Å². The summed E-state index contributed by atoms with van der Waals surface area (Å²) in [6.07, 6.45) is -0.868. The molecule has 0 heterocycles. The van der Waals surface area contributed by atoms with E-state index in [0.29, 0.717) is 6.61 Å². The first-order chi connectivity index (χ1) is 6.72. The van der Waals surface area contributed by atoms with Gasteiger partial charge in [-0.15, -0.1) is 0 Å². The zero-order valence-electron chi connectivity index (χ0n) is 9.87. The van der Waals surface area contributed by atoms with Crippen LogP contribution >= 0.6 is 0 Å². The van der Waals surface area contributed by atoms with Gasteiger partial charge in [-0.1, -0.05) is 6.58 Å². The molecule has 0 spiro atoms. The molecular weight excluding hydrogens is 196 g/mol. The van der Waals surface area contributed by atoms with Gasteiger partial charge in [-0.2, -0.15) is 0 Å². The first-order valence-electron chi connectivity index (χ1n) is 4.91. The normalized spacial score (nSPS) is 13.4. The highest BCUT2D eigenvalue weighted by Crippen LogP contribution is 2.08. The number of hydrogen-bond acceptors (Lipinski definition) is 4. The van der Waals surface area contributed by atoms with E-state index in [2.05, 4.69) is 11.3 Å². The summed E-state index contributed by atoms with van der Waals surface area (Å²) in [6, 6.07) is 0. The van der Waals surface area contributed by atoms with Crippen molar-refractivity contribution in [3.63, 3.8) is 0 Å². The molecule has 0 aliphatic carbocycles. The van der Waals surface area contributed by atoms with Crippen LogP contribution in [0, 0.1) is 0 Å². The summed E-state index contributed by atoms with van der Waals surface area (Å²) in [7, 11) is 0. The molecule has 1 N–H and O–H groups in total. The highest BCUT2D eigenvalue weighted by atomic mass is 16.6. The number of aliphatic hydroxyl groups excluding tert-OH is 1. The highest BCUT2D eigenvalue weighted by molar-refractivity contribution is 5.86. The minimum atomic E-state index is -1.13. The molecule has 0 fully saturated rings. The van der Waals surface area contributed by atoms with Gasteiger partial charge in [0.05, 0.1) is 12.2 Å². The zero-order valence-corrected chi connectivity index (χ0v) is 9.87. The molecule has 0 radical (unpaired) electrons. The van der Waals surface area contributed by atoms with Crippen LogP contribution in [0.1, 0.15) is 34.1 Å². The van der Waals surface area contributed by atoms with Crippen LogP contribution < -0.4 is 0 Å². The molecule has 1 unspecified atom stereocenters. The minimum Gasteiger partial charge on any atom is -0.433 e. The number of aliphatic hydroxyl groups is 1. The minimum absolute atomic E-state index is 0.252. The monoisotopic (exact) mass is 216 g/mol. The summed E-state index contributed by atoms with van der Waals surface area (Å²) < 4.78 is 10.0. The van der Waals surface area contributed by atoms with Gasteiger partial charge in [0.15, 0.2) is 0 Å². The van der Waals surface area contributed by atoms with Gasteiger partial charge in [0.1, 0.15) is 0 Å². The average Bonchev–Trinajstić information content (AvgIpc) is 2.01. The molecule has 0 bridgehead atoms. The molecule has 0 aromatic rings. The average molecular weight is 216 g/mol. The van der Waals surface area contributed by atoms with Gasteiger partial charge in [-0.05, 0) is 27.7 Å². The van der Waals surface area contributed by atoms with Gasteiger partial charge in [-0.25, -0.2) is 4.79 Å². The van der Waals surface area contributed by atoms with Crippen molar-refractivity contribution in [2.45, 2.75) is 46.0 Å². The topological polar surface area (TPSA) is 55.8 Å². The zero-order chi connectivity index (χ0) is 12.1. The predicted molar refractivity (Wildman–Crippen MR) is 57.2 cm³/mol. The Balaban J connectivity index is 3.71. The van der Waals surface area contributed by atoms with Gasteiger partial charge in [0.25, 0.3) is 0 Å². The molecular formula is C11H20O4. The Morgan fingerprint density at radius 3 is 2.40 bits per heavy atom. The number of carbonyl (C=O) groups excluding carboxylic acids is 1. The van der Waals surface area contributed by atoms with E-state index < -0.39 is 12.3 Å². The van der Waals surface area contributed by atoms with Crippen molar-refractivity contribution in [3.05, 3.63) is 12.2 Å². The molecule has 0 aliphatic rings. The summed E-state index contributed by atoms with van der Waals surface area (Å²) in [5, 5.41) is 9.30. The quantitative estimate of drug-likeness (QED) is 0.431. The van der Waals surface area contributed by atoms with Gasteiger partial charge >= 0.3 is 5.97 Å². The van der Waals surface area contributed by atoms with E-state index in [1.54, 1.807) is 0 Å². The van der Waals surface area contributed by atoms with Crippen molar-refractivity contribution in [1.29, 1.82) is 0 Å².